The van der Waals surface area contributed by atoms with Crippen LogP contribution in [0, 0.1) is 5.41 Å². The van der Waals surface area contributed by atoms with Crippen molar-refractivity contribution in [1.82, 2.24) is 0 Å². The summed E-state index contributed by atoms with van der Waals surface area (Å²) in [6, 6.07) is 14.6. The van der Waals surface area contributed by atoms with E-state index in [0.717, 1.165) is 27.7 Å². The minimum atomic E-state index is -0.967. The van der Waals surface area contributed by atoms with Crippen molar-refractivity contribution >= 4 is 33.4 Å². The highest BCUT2D eigenvalue weighted by Crippen LogP contribution is 2.46. The van der Waals surface area contributed by atoms with Crippen molar-refractivity contribution in [2.75, 3.05) is 0 Å². The number of aromatic carboxylic acids is 1. The Hall–Kier alpha value is -2.53. The zero-order valence-electron chi connectivity index (χ0n) is 15.7. The zero-order chi connectivity index (χ0) is 20.1. The number of aliphatic imine (C=N–C) groups is 1. The number of nitrogens with zero attached hydrogens (tertiary/aromatic N) is 1. The van der Waals surface area contributed by atoms with Gasteiger partial charge in [-0.3, -0.25) is 9.79 Å². The Morgan fingerprint density at radius 1 is 1.00 bits per heavy atom. The fraction of sp³-hybridized carbons (Fsp3) is 0.261. The van der Waals surface area contributed by atoms with Crippen molar-refractivity contribution in [3.8, 4) is 0 Å². The molecule has 1 unspecified atom stereocenters. The minimum absolute atomic E-state index is 0.115. The molecule has 0 saturated heterocycles. The molecule has 0 radical (unpaired) electrons. The highest BCUT2D eigenvalue weighted by molar-refractivity contribution is 9.10. The second kappa shape index (κ2) is 6.52. The number of rotatable bonds is 3. The first-order valence-electron chi connectivity index (χ1n) is 9.15. The lowest BCUT2D eigenvalue weighted by Gasteiger charge is -2.29. The molecule has 0 bridgehead atoms. The maximum Gasteiger partial charge on any atom is 0.335 e. The number of carboxylic acids is 1. The van der Waals surface area contributed by atoms with Crippen LogP contribution < -0.4 is 0 Å². The fourth-order valence-corrected chi connectivity index (χ4v) is 4.32. The van der Waals surface area contributed by atoms with Crippen LogP contribution in [0.15, 0.2) is 69.6 Å². The maximum atomic E-state index is 12.8. The number of carboxylic acid groups (broad SMARTS) is 1. The van der Waals surface area contributed by atoms with E-state index in [0.29, 0.717) is 12.0 Å². The molecule has 1 heterocycles. The summed E-state index contributed by atoms with van der Waals surface area (Å²) in [4.78, 5) is 29.1. The van der Waals surface area contributed by atoms with Crippen LogP contribution in [0.2, 0.25) is 0 Å². The van der Waals surface area contributed by atoms with Crippen LogP contribution in [0.5, 0.6) is 0 Å². The molecule has 1 aliphatic carbocycles. The molecule has 2 aromatic rings. The van der Waals surface area contributed by atoms with E-state index in [1.165, 1.54) is 0 Å². The lowest BCUT2D eigenvalue weighted by Crippen LogP contribution is -2.30. The standard InChI is InChI=1S/C23H20BrNO3/c1-22(2)12-19-18(20(26)13-22)11-23(25-19,16-7-9-17(24)10-8-16)15-5-3-14(4-6-15)21(27)28/h3-11H,12-13H2,1-2H3,(H,27,28). The molecule has 1 N–H and O–H groups in total. The quantitative estimate of drug-likeness (QED) is 0.720. The van der Waals surface area contributed by atoms with Gasteiger partial charge in [-0.2, -0.15) is 0 Å². The molecule has 142 valence electrons. The van der Waals surface area contributed by atoms with Gasteiger partial charge in [0.2, 0.25) is 0 Å². The van der Waals surface area contributed by atoms with Crippen LogP contribution in [0.3, 0.4) is 0 Å². The molecule has 0 spiro atoms. The summed E-state index contributed by atoms with van der Waals surface area (Å²) in [6.07, 6.45) is 3.21. The van der Waals surface area contributed by atoms with E-state index in [9.17, 15) is 14.7 Å². The number of benzene rings is 2. The Morgan fingerprint density at radius 3 is 2.14 bits per heavy atom. The van der Waals surface area contributed by atoms with E-state index in [1.807, 2.05) is 30.3 Å². The Morgan fingerprint density at radius 2 is 1.57 bits per heavy atom. The smallest absolute Gasteiger partial charge is 0.335 e. The van der Waals surface area contributed by atoms with Crippen LogP contribution in [0.25, 0.3) is 0 Å². The van der Waals surface area contributed by atoms with Gasteiger partial charge in [0, 0.05) is 22.2 Å². The summed E-state index contributed by atoms with van der Waals surface area (Å²) in [5, 5.41) is 9.22. The minimum Gasteiger partial charge on any atom is -0.478 e. The van der Waals surface area contributed by atoms with E-state index in [2.05, 4.69) is 29.8 Å². The number of fused-ring (bicyclic) bond motifs is 1. The normalized spacial score (nSPS) is 23.0. The number of carbonyl (C=O) groups is 2. The molecule has 28 heavy (non-hydrogen) atoms. The molecule has 4 nitrogen and oxygen atoms in total. The van der Waals surface area contributed by atoms with Gasteiger partial charge >= 0.3 is 5.97 Å². The van der Waals surface area contributed by atoms with E-state index in [4.69, 9.17) is 4.99 Å². The van der Waals surface area contributed by atoms with E-state index in [-0.39, 0.29) is 16.8 Å². The van der Waals surface area contributed by atoms with Crippen LogP contribution in [-0.2, 0) is 10.3 Å². The van der Waals surface area contributed by atoms with Gasteiger partial charge in [0.15, 0.2) is 5.78 Å². The Bertz CT molecular complexity index is 1030. The third-order valence-electron chi connectivity index (χ3n) is 5.42. The second-order valence-corrected chi connectivity index (χ2v) is 9.13. The van der Waals surface area contributed by atoms with Crippen LogP contribution in [-0.4, -0.2) is 22.6 Å². The lowest BCUT2D eigenvalue weighted by molar-refractivity contribution is -0.117. The predicted molar refractivity (Wildman–Crippen MR) is 112 cm³/mol. The molecule has 5 heteroatoms. The number of hydrogen-bond donors (Lipinski definition) is 1. The van der Waals surface area contributed by atoms with Gasteiger partial charge in [0.1, 0.15) is 5.54 Å². The molecule has 2 aromatic carbocycles. The van der Waals surface area contributed by atoms with Crippen molar-refractivity contribution < 1.29 is 14.7 Å². The summed E-state index contributed by atoms with van der Waals surface area (Å²) in [5.41, 5.74) is 2.62. The number of ketones is 1. The van der Waals surface area contributed by atoms with Crippen molar-refractivity contribution in [2.45, 2.75) is 32.2 Å². The summed E-state index contributed by atoms with van der Waals surface area (Å²) in [5.74, 6) is -0.845. The van der Waals surface area contributed by atoms with E-state index >= 15 is 0 Å². The fourth-order valence-electron chi connectivity index (χ4n) is 4.05. The SMILES string of the molecule is CC1(C)CC(=O)C2=CC(c3ccc(Br)cc3)(c3ccc(C(=O)O)cc3)N=C2C1. The van der Waals surface area contributed by atoms with Crippen LogP contribution in [0.1, 0.15) is 48.2 Å². The number of Topliss-reactive ketones (excluding diaryl/α,β-unsaturated/α-hetero) is 1. The highest BCUT2D eigenvalue weighted by atomic mass is 79.9. The van der Waals surface area contributed by atoms with Gasteiger partial charge in [-0.15, -0.1) is 0 Å². The molecule has 1 aliphatic heterocycles. The molecule has 4 rings (SSSR count). The Kier molecular flexibility index (Phi) is 4.38. The molecular weight excluding hydrogens is 418 g/mol. The van der Waals surface area contributed by atoms with Gasteiger partial charge < -0.3 is 5.11 Å². The monoisotopic (exact) mass is 437 g/mol. The topological polar surface area (TPSA) is 66.7 Å². The summed E-state index contributed by atoms with van der Waals surface area (Å²) in [6.45, 7) is 4.18. The van der Waals surface area contributed by atoms with Crippen molar-refractivity contribution in [1.29, 1.82) is 0 Å². The molecule has 1 saturated carbocycles. The predicted octanol–water partition coefficient (Wildman–Crippen LogP) is 5.16. The molecule has 1 atom stereocenters. The summed E-state index contributed by atoms with van der Waals surface area (Å²) >= 11 is 3.47. The highest BCUT2D eigenvalue weighted by Gasteiger charge is 2.44. The number of halogens is 1. The third-order valence-corrected chi connectivity index (χ3v) is 5.95. The lowest BCUT2D eigenvalue weighted by atomic mass is 9.73. The second-order valence-electron chi connectivity index (χ2n) is 8.21. The number of carbonyl (C=O) groups excluding carboxylic acids is 1. The average molecular weight is 438 g/mol. The van der Waals surface area contributed by atoms with Crippen LogP contribution in [0.4, 0.5) is 0 Å². The van der Waals surface area contributed by atoms with Gasteiger partial charge in [-0.1, -0.05) is 54.0 Å². The molecule has 2 aliphatic rings. The summed E-state index contributed by atoms with van der Waals surface area (Å²) in [7, 11) is 0. The first kappa shape index (κ1) is 18.8. The van der Waals surface area contributed by atoms with E-state index < -0.39 is 11.5 Å². The summed E-state index contributed by atoms with van der Waals surface area (Å²) < 4.78 is 0.959. The van der Waals surface area contributed by atoms with Gasteiger partial charge in [0.05, 0.1) is 5.56 Å². The average Bonchev–Trinajstić information content (AvgIpc) is 3.02. The van der Waals surface area contributed by atoms with Gasteiger partial charge in [-0.25, -0.2) is 4.79 Å². The maximum absolute atomic E-state index is 12.8. The van der Waals surface area contributed by atoms with Crippen LogP contribution >= 0.6 is 15.9 Å². The number of allylic oxidation sites excluding steroid dienone is 1. The molecule has 1 fully saturated rings. The van der Waals surface area contributed by atoms with Crippen molar-refractivity contribution in [3.63, 3.8) is 0 Å². The van der Waals surface area contributed by atoms with Gasteiger partial charge in [-0.05, 0) is 53.3 Å². The third kappa shape index (κ3) is 3.14. The number of hydrogen-bond acceptors (Lipinski definition) is 3. The molecule has 0 amide bonds. The largest absolute Gasteiger partial charge is 0.478 e. The first-order chi connectivity index (χ1) is 13.2. The van der Waals surface area contributed by atoms with E-state index in [1.54, 1.807) is 24.3 Å². The van der Waals surface area contributed by atoms with Crippen molar-refractivity contribution in [2.24, 2.45) is 10.4 Å². The molecule has 0 aromatic heterocycles. The molecular formula is C23H20BrNO3. The Balaban J connectivity index is 1.92. The first-order valence-corrected chi connectivity index (χ1v) is 9.95. The zero-order valence-corrected chi connectivity index (χ0v) is 17.3. The van der Waals surface area contributed by atoms with Gasteiger partial charge in [0.25, 0.3) is 0 Å². The Labute approximate surface area is 172 Å². The van der Waals surface area contributed by atoms with Crippen molar-refractivity contribution in [3.05, 3.63) is 81.3 Å².